The minimum Gasteiger partial charge on any atom is -0.393 e. The van der Waals surface area contributed by atoms with Gasteiger partial charge in [0.1, 0.15) is 11.6 Å². The lowest BCUT2D eigenvalue weighted by molar-refractivity contribution is -0.139. The predicted molar refractivity (Wildman–Crippen MR) is 118 cm³/mol. The van der Waals surface area contributed by atoms with E-state index in [2.05, 4.69) is 14.8 Å². The van der Waals surface area contributed by atoms with E-state index in [1.807, 2.05) is 18.3 Å². The molecule has 0 bridgehead atoms. The molecule has 1 aliphatic carbocycles. The molecule has 2 aliphatic heterocycles. The Morgan fingerprint density at radius 1 is 0.968 bits per heavy atom. The van der Waals surface area contributed by atoms with Gasteiger partial charge in [0.05, 0.1) is 11.5 Å². The average molecular weight is 424 g/mol. The summed E-state index contributed by atoms with van der Waals surface area (Å²) in [7, 11) is 0. The highest BCUT2D eigenvalue weighted by atomic mass is 19.1. The maximum Gasteiger partial charge on any atom is 0.230 e. The number of hydrogen-bond acceptors (Lipinski definition) is 4. The van der Waals surface area contributed by atoms with Gasteiger partial charge in [-0.2, -0.15) is 0 Å². The van der Waals surface area contributed by atoms with E-state index < -0.39 is 0 Å². The SMILES string of the molecule is O=C1N(C2CCC(O)CC2)CC[C@@]12CCCN(c1ccc(-c3ccc(F)cc3)cn1)C2. The Labute approximate surface area is 182 Å². The van der Waals surface area contributed by atoms with E-state index in [4.69, 9.17) is 0 Å². The first kappa shape index (κ1) is 20.4. The first-order chi connectivity index (χ1) is 15.0. The second-order valence-electron chi connectivity index (χ2n) is 9.43. The Balaban J connectivity index is 1.29. The van der Waals surface area contributed by atoms with Crippen LogP contribution in [0.15, 0.2) is 42.6 Å². The number of carbonyl (C=O) groups excluding carboxylic acids is 1. The van der Waals surface area contributed by atoms with Gasteiger partial charge in [-0.15, -0.1) is 0 Å². The van der Waals surface area contributed by atoms with Crippen molar-refractivity contribution in [2.24, 2.45) is 5.41 Å². The first-order valence-electron chi connectivity index (χ1n) is 11.5. The van der Waals surface area contributed by atoms with Crippen molar-refractivity contribution >= 4 is 11.7 Å². The van der Waals surface area contributed by atoms with Crippen molar-refractivity contribution in [3.63, 3.8) is 0 Å². The molecule has 3 heterocycles. The van der Waals surface area contributed by atoms with Gasteiger partial charge < -0.3 is 14.9 Å². The Hall–Kier alpha value is -2.47. The molecule has 3 fully saturated rings. The molecule has 164 valence electrons. The summed E-state index contributed by atoms with van der Waals surface area (Å²) in [6, 6.07) is 10.8. The fourth-order valence-electron chi connectivity index (χ4n) is 5.66. The molecule has 0 unspecified atom stereocenters. The Morgan fingerprint density at radius 2 is 1.71 bits per heavy atom. The number of halogens is 1. The van der Waals surface area contributed by atoms with Gasteiger partial charge in [-0.3, -0.25) is 4.79 Å². The van der Waals surface area contributed by atoms with Crippen molar-refractivity contribution in [1.82, 2.24) is 9.88 Å². The molecule has 1 aromatic heterocycles. The zero-order chi connectivity index (χ0) is 21.4. The number of nitrogens with zero attached hydrogens (tertiary/aromatic N) is 3. The van der Waals surface area contributed by atoms with Gasteiger partial charge >= 0.3 is 0 Å². The summed E-state index contributed by atoms with van der Waals surface area (Å²) >= 11 is 0. The van der Waals surface area contributed by atoms with Crippen LogP contribution in [0, 0.1) is 11.2 Å². The van der Waals surface area contributed by atoms with Gasteiger partial charge in [-0.1, -0.05) is 12.1 Å². The zero-order valence-electron chi connectivity index (χ0n) is 17.8. The van der Waals surface area contributed by atoms with E-state index in [9.17, 15) is 14.3 Å². The van der Waals surface area contributed by atoms with Gasteiger partial charge in [0, 0.05) is 37.4 Å². The summed E-state index contributed by atoms with van der Waals surface area (Å²) in [5.41, 5.74) is 1.60. The lowest BCUT2D eigenvalue weighted by atomic mass is 9.78. The maximum atomic E-state index is 13.5. The number of amides is 1. The summed E-state index contributed by atoms with van der Waals surface area (Å²) in [4.78, 5) is 22.5. The predicted octanol–water partition coefficient (Wildman–Crippen LogP) is 4.01. The quantitative estimate of drug-likeness (QED) is 0.811. The smallest absolute Gasteiger partial charge is 0.230 e. The van der Waals surface area contributed by atoms with Crippen LogP contribution in [-0.4, -0.2) is 52.7 Å². The molecule has 1 N–H and O–H groups in total. The minimum atomic E-state index is -0.300. The largest absolute Gasteiger partial charge is 0.393 e. The normalized spacial score (nSPS) is 29.0. The lowest BCUT2D eigenvalue weighted by Crippen LogP contribution is -2.50. The molecule has 5 rings (SSSR count). The van der Waals surface area contributed by atoms with Crippen molar-refractivity contribution in [2.45, 2.75) is 57.1 Å². The van der Waals surface area contributed by atoms with Crippen molar-refractivity contribution in [3.8, 4) is 11.1 Å². The molecule has 2 saturated heterocycles. The number of pyridine rings is 1. The van der Waals surface area contributed by atoms with E-state index >= 15 is 0 Å². The van der Waals surface area contributed by atoms with Crippen LogP contribution in [-0.2, 0) is 4.79 Å². The van der Waals surface area contributed by atoms with Crippen molar-refractivity contribution in [3.05, 3.63) is 48.4 Å². The van der Waals surface area contributed by atoms with Crippen LogP contribution in [0.4, 0.5) is 10.2 Å². The van der Waals surface area contributed by atoms with Crippen LogP contribution in [0.5, 0.6) is 0 Å². The van der Waals surface area contributed by atoms with Crippen LogP contribution in [0.25, 0.3) is 11.1 Å². The molecule has 1 spiro atoms. The summed E-state index contributed by atoms with van der Waals surface area (Å²) in [5.74, 6) is 0.963. The summed E-state index contributed by atoms with van der Waals surface area (Å²) in [6.45, 7) is 2.47. The van der Waals surface area contributed by atoms with Crippen LogP contribution in [0.1, 0.15) is 44.9 Å². The molecule has 1 amide bonds. The number of aromatic nitrogens is 1. The van der Waals surface area contributed by atoms with Crippen molar-refractivity contribution in [2.75, 3.05) is 24.5 Å². The molecule has 3 aliphatic rings. The summed E-state index contributed by atoms with van der Waals surface area (Å²) < 4.78 is 13.2. The van der Waals surface area contributed by atoms with E-state index in [-0.39, 0.29) is 17.3 Å². The van der Waals surface area contributed by atoms with E-state index in [1.165, 1.54) is 12.1 Å². The highest BCUT2D eigenvalue weighted by Gasteiger charge is 2.50. The standard InChI is InChI=1S/C25H30FN3O2/c26-20-5-2-18(3-6-20)19-4-11-23(27-16-19)28-14-1-12-25(17-28)13-15-29(24(25)31)21-7-9-22(30)10-8-21/h2-6,11,16,21-22,30H,1,7-10,12-15,17H2/t21?,22?,25-/m1/s1. The summed E-state index contributed by atoms with van der Waals surface area (Å²) in [6.07, 6.45) is 7.92. The minimum absolute atomic E-state index is 0.197. The maximum absolute atomic E-state index is 13.5. The molecule has 1 aromatic carbocycles. The number of anilines is 1. The third kappa shape index (κ3) is 3.93. The molecule has 5 nitrogen and oxygen atoms in total. The van der Waals surface area contributed by atoms with Crippen molar-refractivity contribution in [1.29, 1.82) is 0 Å². The number of carbonyl (C=O) groups is 1. The molecule has 0 radical (unpaired) electrons. The molecule has 6 heteroatoms. The number of aliphatic hydroxyl groups is 1. The van der Waals surface area contributed by atoms with Crippen LogP contribution in [0.3, 0.4) is 0 Å². The number of benzene rings is 1. The van der Waals surface area contributed by atoms with E-state index in [1.54, 1.807) is 12.1 Å². The Morgan fingerprint density at radius 3 is 2.42 bits per heavy atom. The number of aliphatic hydroxyl groups excluding tert-OH is 1. The average Bonchev–Trinajstić information content (AvgIpc) is 3.10. The third-order valence-corrected chi connectivity index (χ3v) is 7.48. The first-order valence-corrected chi connectivity index (χ1v) is 11.5. The van der Waals surface area contributed by atoms with Gasteiger partial charge in [0.25, 0.3) is 0 Å². The number of piperidine rings is 1. The zero-order valence-corrected chi connectivity index (χ0v) is 17.8. The van der Waals surface area contributed by atoms with Gasteiger partial charge in [-0.05, 0) is 74.8 Å². The second-order valence-corrected chi connectivity index (χ2v) is 9.43. The number of likely N-dealkylation sites (tertiary alicyclic amines) is 1. The summed E-state index contributed by atoms with van der Waals surface area (Å²) in [5, 5.41) is 9.81. The van der Waals surface area contributed by atoms with E-state index in [0.717, 1.165) is 81.5 Å². The third-order valence-electron chi connectivity index (χ3n) is 7.48. The Kier molecular flexibility index (Phi) is 5.42. The lowest BCUT2D eigenvalue weighted by Gasteiger charge is -2.41. The molecule has 1 atom stereocenters. The van der Waals surface area contributed by atoms with Crippen LogP contribution in [0.2, 0.25) is 0 Å². The van der Waals surface area contributed by atoms with Gasteiger partial charge in [0.15, 0.2) is 0 Å². The highest BCUT2D eigenvalue weighted by Crippen LogP contribution is 2.43. The van der Waals surface area contributed by atoms with E-state index in [0.29, 0.717) is 11.9 Å². The highest BCUT2D eigenvalue weighted by molar-refractivity contribution is 5.86. The van der Waals surface area contributed by atoms with Crippen LogP contribution >= 0.6 is 0 Å². The fourth-order valence-corrected chi connectivity index (χ4v) is 5.66. The number of hydrogen-bond donors (Lipinski definition) is 1. The molecular formula is C25H30FN3O2. The monoisotopic (exact) mass is 423 g/mol. The van der Waals surface area contributed by atoms with Crippen molar-refractivity contribution < 1.29 is 14.3 Å². The fraction of sp³-hybridized carbons (Fsp3) is 0.520. The van der Waals surface area contributed by atoms with Gasteiger partial charge in [-0.25, -0.2) is 9.37 Å². The van der Waals surface area contributed by atoms with Gasteiger partial charge in [0.2, 0.25) is 5.91 Å². The topological polar surface area (TPSA) is 56.7 Å². The molecular weight excluding hydrogens is 393 g/mol. The Bertz CT molecular complexity index is 925. The molecule has 2 aromatic rings. The second kappa shape index (κ2) is 8.23. The molecule has 31 heavy (non-hydrogen) atoms. The number of rotatable bonds is 3. The van der Waals surface area contributed by atoms with Crippen LogP contribution < -0.4 is 4.90 Å². The molecule has 1 saturated carbocycles.